The Morgan fingerprint density at radius 3 is 2.58 bits per heavy atom. The number of rotatable bonds is 4. The zero-order valence-electron chi connectivity index (χ0n) is 11.3. The lowest BCUT2D eigenvalue weighted by molar-refractivity contribution is 0.0953. The number of nitrogens with zero attached hydrogens (tertiary/aromatic N) is 1. The molecule has 0 saturated heterocycles. The minimum Gasteiger partial charge on any atom is -0.352 e. The molecular weight excluding hydrogens is 236 g/mol. The zero-order valence-corrected chi connectivity index (χ0v) is 11.3. The number of hydrogen-bond acceptors (Lipinski definition) is 2. The van der Waals surface area contributed by atoms with Gasteiger partial charge in [0, 0.05) is 23.9 Å². The first kappa shape index (κ1) is 13.3. The van der Waals surface area contributed by atoms with Gasteiger partial charge in [0.05, 0.1) is 5.69 Å². The molecule has 3 nitrogen and oxygen atoms in total. The van der Waals surface area contributed by atoms with Gasteiger partial charge < -0.3 is 5.32 Å². The van der Waals surface area contributed by atoms with Crippen molar-refractivity contribution in [2.45, 2.75) is 20.3 Å². The van der Waals surface area contributed by atoms with Gasteiger partial charge in [-0.15, -0.1) is 0 Å². The van der Waals surface area contributed by atoms with E-state index in [1.165, 1.54) is 5.56 Å². The normalized spacial score (nSPS) is 10.2. The summed E-state index contributed by atoms with van der Waals surface area (Å²) in [5.41, 5.74) is 3.82. The molecule has 19 heavy (non-hydrogen) atoms. The average molecular weight is 254 g/mol. The summed E-state index contributed by atoms with van der Waals surface area (Å²) in [7, 11) is 0. The Labute approximate surface area is 113 Å². The Kier molecular flexibility index (Phi) is 4.29. The highest BCUT2D eigenvalue weighted by Gasteiger charge is 2.05. The SMILES string of the molecule is CCCNC(=O)c1ccc(-c2cc(C)ccn2)cc1. The van der Waals surface area contributed by atoms with Gasteiger partial charge in [-0.3, -0.25) is 9.78 Å². The van der Waals surface area contributed by atoms with E-state index in [0.717, 1.165) is 17.7 Å². The van der Waals surface area contributed by atoms with Crippen LogP contribution in [0.2, 0.25) is 0 Å². The second kappa shape index (κ2) is 6.14. The van der Waals surface area contributed by atoms with Crippen LogP contribution in [0.25, 0.3) is 11.3 Å². The highest BCUT2D eigenvalue weighted by Crippen LogP contribution is 2.18. The molecule has 98 valence electrons. The van der Waals surface area contributed by atoms with Crippen molar-refractivity contribution >= 4 is 5.91 Å². The summed E-state index contributed by atoms with van der Waals surface area (Å²) in [6, 6.07) is 11.5. The summed E-state index contributed by atoms with van der Waals surface area (Å²) in [4.78, 5) is 16.1. The van der Waals surface area contributed by atoms with Crippen LogP contribution >= 0.6 is 0 Å². The van der Waals surface area contributed by atoms with Gasteiger partial charge in [-0.1, -0.05) is 19.1 Å². The minimum absolute atomic E-state index is 0.0226. The predicted molar refractivity (Wildman–Crippen MR) is 77.0 cm³/mol. The molecule has 1 heterocycles. The lowest BCUT2D eigenvalue weighted by atomic mass is 10.1. The monoisotopic (exact) mass is 254 g/mol. The number of aryl methyl sites for hydroxylation is 1. The zero-order chi connectivity index (χ0) is 13.7. The molecule has 3 heteroatoms. The van der Waals surface area contributed by atoms with Crippen LogP contribution in [-0.2, 0) is 0 Å². The fourth-order valence-electron chi connectivity index (χ4n) is 1.83. The number of pyridine rings is 1. The molecule has 2 rings (SSSR count). The van der Waals surface area contributed by atoms with Crippen LogP contribution in [0.5, 0.6) is 0 Å². The van der Waals surface area contributed by atoms with E-state index in [1.807, 2.05) is 50.2 Å². The van der Waals surface area contributed by atoms with Gasteiger partial charge in [0.25, 0.3) is 5.91 Å². The van der Waals surface area contributed by atoms with Crippen LogP contribution in [0, 0.1) is 6.92 Å². The first-order chi connectivity index (χ1) is 9.20. The van der Waals surface area contributed by atoms with Gasteiger partial charge in [0.15, 0.2) is 0 Å². The van der Waals surface area contributed by atoms with Crippen molar-refractivity contribution in [3.05, 3.63) is 53.7 Å². The predicted octanol–water partition coefficient (Wildman–Crippen LogP) is 3.20. The maximum atomic E-state index is 11.8. The van der Waals surface area contributed by atoms with Crippen molar-refractivity contribution in [1.29, 1.82) is 0 Å². The molecule has 0 spiro atoms. The highest BCUT2D eigenvalue weighted by molar-refractivity contribution is 5.94. The highest BCUT2D eigenvalue weighted by atomic mass is 16.1. The van der Waals surface area contributed by atoms with E-state index in [9.17, 15) is 4.79 Å². The topological polar surface area (TPSA) is 42.0 Å². The van der Waals surface area contributed by atoms with E-state index >= 15 is 0 Å². The maximum Gasteiger partial charge on any atom is 0.251 e. The first-order valence-corrected chi connectivity index (χ1v) is 6.52. The number of benzene rings is 1. The van der Waals surface area contributed by atoms with E-state index in [4.69, 9.17) is 0 Å². The molecule has 1 aromatic carbocycles. The van der Waals surface area contributed by atoms with Crippen molar-refractivity contribution in [3.63, 3.8) is 0 Å². The summed E-state index contributed by atoms with van der Waals surface area (Å²) >= 11 is 0. The number of nitrogens with one attached hydrogen (secondary N) is 1. The van der Waals surface area contributed by atoms with E-state index < -0.39 is 0 Å². The molecule has 0 bridgehead atoms. The third-order valence-electron chi connectivity index (χ3n) is 2.89. The number of amides is 1. The lowest BCUT2D eigenvalue weighted by Gasteiger charge is -2.05. The molecule has 1 N–H and O–H groups in total. The molecular formula is C16H18N2O. The summed E-state index contributed by atoms with van der Waals surface area (Å²) in [6.07, 6.45) is 2.74. The molecule has 1 amide bonds. The van der Waals surface area contributed by atoms with Gasteiger partial charge in [-0.25, -0.2) is 0 Å². The molecule has 0 fully saturated rings. The molecule has 0 radical (unpaired) electrons. The Morgan fingerprint density at radius 1 is 1.21 bits per heavy atom. The van der Waals surface area contributed by atoms with Crippen molar-refractivity contribution in [2.24, 2.45) is 0 Å². The number of hydrogen-bond donors (Lipinski definition) is 1. The second-order valence-corrected chi connectivity index (χ2v) is 4.55. The minimum atomic E-state index is -0.0226. The van der Waals surface area contributed by atoms with Crippen LogP contribution in [0.15, 0.2) is 42.6 Å². The van der Waals surface area contributed by atoms with E-state index in [0.29, 0.717) is 12.1 Å². The third-order valence-corrected chi connectivity index (χ3v) is 2.89. The standard InChI is InChI=1S/C16H18N2O/c1-3-9-18-16(19)14-6-4-13(5-7-14)15-11-12(2)8-10-17-15/h4-8,10-11H,3,9H2,1-2H3,(H,18,19). The van der Waals surface area contributed by atoms with Gasteiger partial charge >= 0.3 is 0 Å². The van der Waals surface area contributed by atoms with Crippen LogP contribution in [0.1, 0.15) is 29.3 Å². The Hall–Kier alpha value is -2.16. The summed E-state index contributed by atoms with van der Waals surface area (Å²) in [6.45, 7) is 4.78. The third kappa shape index (κ3) is 3.41. The van der Waals surface area contributed by atoms with Crippen LogP contribution in [-0.4, -0.2) is 17.4 Å². The molecule has 1 aromatic heterocycles. The quantitative estimate of drug-likeness (QED) is 0.910. The maximum absolute atomic E-state index is 11.8. The van der Waals surface area contributed by atoms with Crippen LogP contribution in [0.3, 0.4) is 0 Å². The Balaban J connectivity index is 2.16. The van der Waals surface area contributed by atoms with Crippen molar-refractivity contribution in [2.75, 3.05) is 6.54 Å². The van der Waals surface area contributed by atoms with Crippen molar-refractivity contribution < 1.29 is 4.79 Å². The molecule has 2 aromatic rings. The van der Waals surface area contributed by atoms with Crippen LogP contribution < -0.4 is 5.32 Å². The Bertz CT molecular complexity index is 561. The summed E-state index contributed by atoms with van der Waals surface area (Å²) < 4.78 is 0. The summed E-state index contributed by atoms with van der Waals surface area (Å²) in [5, 5.41) is 2.86. The van der Waals surface area contributed by atoms with Gasteiger partial charge in [0.2, 0.25) is 0 Å². The Morgan fingerprint density at radius 2 is 1.95 bits per heavy atom. The first-order valence-electron chi connectivity index (χ1n) is 6.52. The lowest BCUT2D eigenvalue weighted by Crippen LogP contribution is -2.23. The number of carbonyl (C=O) groups excluding carboxylic acids is 1. The van der Waals surface area contributed by atoms with Crippen LogP contribution in [0.4, 0.5) is 0 Å². The van der Waals surface area contributed by atoms with Crippen molar-refractivity contribution in [3.8, 4) is 11.3 Å². The number of carbonyl (C=O) groups is 1. The average Bonchev–Trinajstić information content (AvgIpc) is 2.45. The largest absolute Gasteiger partial charge is 0.352 e. The van der Waals surface area contributed by atoms with Crippen molar-refractivity contribution in [1.82, 2.24) is 10.3 Å². The molecule has 0 aliphatic heterocycles. The molecule has 0 aliphatic rings. The van der Waals surface area contributed by atoms with E-state index in [-0.39, 0.29) is 5.91 Å². The van der Waals surface area contributed by atoms with Gasteiger partial charge in [-0.05, 0) is 43.2 Å². The van der Waals surface area contributed by atoms with Gasteiger partial charge in [0.1, 0.15) is 0 Å². The van der Waals surface area contributed by atoms with Gasteiger partial charge in [-0.2, -0.15) is 0 Å². The van der Waals surface area contributed by atoms with E-state index in [2.05, 4.69) is 10.3 Å². The smallest absolute Gasteiger partial charge is 0.251 e. The summed E-state index contributed by atoms with van der Waals surface area (Å²) in [5.74, 6) is -0.0226. The molecule has 0 saturated carbocycles. The van der Waals surface area contributed by atoms with E-state index in [1.54, 1.807) is 6.20 Å². The fourth-order valence-corrected chi connectivity index (χ4v) is 1.83. The number of aromatic nitrogens is 1. The molecule has 0 atom stereocenters. The molecule has 0 unspecified atom stereocenters. The second-order valence-electron chi connectivity index (χ2n) is 4.55. The fraction of sp³-hybridized carbons (Fsp3) is 0.250. The molecule has 0 aliphatic carbocycles.